The summed E-state index contributed by atoms with van der Waals surface area (Å²) in [7, 11) is 1.28. The second-order valence-electron chi connectivity index (χ2n) is 20.7. The van der Waals surface area contributed by atoms with E-state index in [0.29, 0.717) is 17.4 Å². The summed E-state index contributed by atoms with van der Waals surface area (Å²) in [6.07, 6.45) is 57.0. The third-order valence-electron chi connectivity index (χ3n) is 13.0. The average Bonchev–Trinajstić information content (AvgIpc) is 3.25. The fraction of sp³-hybridized carbons (Fsp3) is 0.945. The summed E-state index contributed by atoms with van der Waals surface area (Å²) in [5.74, 6) is -0.191. The standard InChI is InChI=1S/C55H111N2O6P/c1-6-8-10-12-14-16-18-20-22-24-26-28-29-30-32-34-36-38-40-42-44-46-48-54(58)53(52-63-64(60,61)62-51-50-57(3,4)5)56-55(59)49-47-45-43-41-39-37-35-33-31-27-25-23-21-19-17-15-13-11-9-7-2/h46,48,53-54,58H,6-45,47,49-52H2,1-5H3,(H-,56,59,60,61)/b48-46+. The Hall–Kier alpha value is -0.760. The zero-order valence-electron chi connectivity index (χ0n) is 43.5. The molecule has 382 valence electrons. The first-order valence-electron chi connectivity index (χ1n) is 28.1. The number of hydrogen-bond donors (Lipinski definition) is 2. The maximum absolute atomic E-state index is 12.9. The molecule has 8 nitrogen and oxygen atoms in total. The number of phosphoric ester groups is 1. The highest BCUT2D eigenvalue weighted by Gasteiger charge is 2.23. The van der Waals surface area contributed by atoms with Crippen LogP contribution in [-0.2, 0) is 18.4 Å². The SMILES string of the molecule is CCCCCCCCCCCCCCCCCCCCCC/C=C/C(O)C(COP(=O)([O-])OCC[N+](C)(C)C)NC(=O)CCCCCCCCCCCCCCCCCCCCCC. The van der Waals surface area contributed by atoms with Crippen molar-refractivity contribution in [3.63, 3.8) is 0 Å². The van der Waals surface area contributed by atoms with Crippen molar-refractivity contribution in [2.45, 2.75) is 296 Å². The molecule has 0 aromatic heterocycles. The Morgan fingerprint density at radius 2 is 0.844 bits per heavy atom. The Kier molecular flexibility index (Phi) is 46.8. The first-order chi connectivity index (χ1) is 31.0. The van der Waals surface area contributed by atoms with Gasteiger partial charge in [0.2, 0.25) is 5.91 Å². The Bertz CT molecular complexity index is 1050. The van der Waals surface area contributed by atoms with E-state index in [1.54, 1.807) is 6.08 Å². The molecule has 0 radical (unpaired) electrons. The molecule has 2 N–H and O–H groups in total. The van der Waals surface area contributed by atoms with Crippen LogP contribution in [0.15, 0.2) is 12.2 Å². The number of carbonyl (C=O) groups excluding carboxylic acids is 1. The molecule has 0 saturated carbocycles. The first kappa shape index (κ1) is 63.2. The molecule has 64 heavy (non-hydrogen) atoms. The van der Waals surface area contributed by atoms with Gasteiger partial charge in [-0.25, -0.2) is 0 Å². The Morgan fingerprint density at radius 1 is 0.531 bits per heavy atom. The lowest BCUT2D eigenvalue weighted by molar-refractivity contribution is -0.870. The largest absolute Gasteiger partial charge is 0.756 e. The fourth-order valence-corrected chi connectivity index (χ4v) is 9.29. The van der Waals surface area contributed by atoms with E-state index in [-0.39, 0.29) is 19.1 Å². The van der Waals surface area contributed by atoms with Crippen molar-refractivity contribution in [1.82, 2.24) is 5.32 Å². The van der Waals surface area contributed by atoms with Crippen LogP contribution in [0.1, 0.15) is 284 Å². The zero-order valence-corrected chi connectivity index (χ0v) is 44.4. The van der Waals surface area contributed by atoms with E-state index < -0.39 is 20.0 Å². The molecule has 0 heterocycles. The second-order valence-corrected chi connectivity index (χ2v) is 22.1. The number of allylic oxidation sites excluding steroid dienone is 1. The van der Waals surface area contributed by atoms with Gasteiger partial charge in [-0.2, -0.15) is 0 Å². The minimum absolute atomic E-state index is 0.00265. The maximum atomic E-state index is 12.9. The Morgan fingerprint density at radius 3 is 1.17 bits per heavy atom. The highest BCUT2D eigenvalue weighted by Crippen LogP contribution is 2.38. The molecular weight excluding hydrogens is 816 g/mol. The van der Waals surface area contributed by atoms with Gasteiger partial charge in [0.1, 0.15) is 13.2 Å². The van der Waals surface area contributed by atoms with Crippen molar-refractivity contribution < 1.29 is 32.9 Å². The average molecular weight is 927 g/mol. The fourth-order valence-electron chi connectivity index (χ4n) is 8.57. The summed E-state index contributed by atoms with van der Waals surface area (Å²) in [4.78, 5) is 25.5. The molecule has 0 aromatic rings. The summed E-state index contributed by atoms with van der Waals surface area (Å²) < 4.78 is 23.3. The van der Waals surface area contributed by atoms with Gasteiger partial charge in [-0.1, -0.05) is 270 Å². The number of quaternary nitrogens is 1. The number of carbonyl (C=O) groups is 1. The van der Waals surface area contributed by atoms with E-state index in [9.17, 15) is 19.4 Å². The van der Waals surface area contributed by atoms with Gasteiger partial charge in [0.05, 0.1) is 39.9 Å². The molecule has 0 aliphatic rings. The highest BCUT2D eigenvalue weighted by molar-refractivity contribution is 7.45. The summed E-state index contributed by atoms with van der Waals surface area (Å²) in [5.41, 5.74) is 0. The number of likely N-dealkylation sites (N-methyl/N-ethyl adjacent to an activating group) is 1. The van der Waals surface area contributed by atoms with Gasteiger partial charge in [-0.05, 0) is 19.3 Å². The monoisotopic (exact) mass is 927 g/mol. The van der Waals surface area contributed by atoms with E-state index >= 15 is 0 Å². The number of amides is 1. The van der Waals surface area contributed by atoms with E-state index in [1.807, 2.05) is 27.2 Å². The summed E-state index contributed by atoms with van der Waals surface area (Å²) in [6, 6.07) is -0.881. The lowest BCUT2D eigenvalue weighted by atomic mass is 10.0. The predicted molar refractivity (Wildman–Crippen MR) is 275 cm³/mol. The molecule has 0 aliphatic heterocycles. The van der Waals surface area contributed by atoms with Crippen molar-refractivity contribution in [2.24, 2.45) is 0 Å². The Balaban J connectivity index is 4.21. The van der Waals surface area contributed by atoms with Crippen LogP contribution in [0, 0.1) is 0 Å². The molecule has 1 amide bonds. The number of hydrogen-bond acceptors (Lipinski definition) is 6. The minimum Gasteiger partial charge on any atom is -0.756 e. The molecule has 9 heteroatoms. The second kappa shape index (κ2) is 47.3. The zero-order chi connectivity index (χ0) is 47.1. The summed E-state index contributed by atoms with van der Waals surface area (Å²) in [6.45, 7) is 4.70. The van der Waals surface area contributed by atoms with Gasteiger partial charge < -0.3 is 28.8 Å². The van der Waals surface area contributed by atoms with Crippen LogP contribution in [0.3, 0.4) is 0 Å². The van der Waals surface area contributed by atoms with Gasteiger partial charge in [0, 0.05) is 6.42 Å². The molecule has 0 spiro atoms. The van der Waals surface area contributed by atoms with Crippen molar-refractivity contribution in [3.05, 3.63) is 12.2 Å². The predicted octanol–water partition coefficient (Wildman–Crippen LogP) is 16.0. The first-order valence-corrected chi connectivity index (χ1v) is 29.5. The van der Waals surface area contributed by atoms with Crippen LogP contribution in [0.4, 0.5) is 0 Å². The maximum Gasteiger partial charge on any atom is 0.268 e. The van der Waals surface area contributed by atoms with Crippen LogP contribution in [0.2, 0.25) is 0 Å². The smallest absolute Gasteiger partial charge is 0.268 e. The van der Waals surface area contributed by atoms with Crippen LogP contribution < -0.4 is 10.2 Å². The molecule has 3 atom stereocenters. The van der Waals surface area contributed by atoms with E-state index in [1.165, 1.54) is 225 Å². The van der Waals surface area contributed by atoms with Crippen LogP contribution in [-0.4, -0.2) is 68.5 Å². The number of aliphatic hydroxyl groups excluding tert-OH is 1. The van der Waals surface area contributed by atoms with Crippen LogP contribution in [0.5, 0.6) is 0 Å². The van der Waals surface area contributed by atoms with E-state index in [0.717, 1.165) is 38.5 Å². The minimum atomic E-state index is -4.59. The molecule has 3 unspecified atom stereocenters. The third kappa shape index (κ3) is 49.2. The number of rotatable bonds is 52. The normalized spacial score (nSPS) is 14.0. The molecule has 0 rings (SSSR count). The molecule has 0 aromatic carbocycles. The van der Waals surface area contributed by atoms with Crippen LogP contribution in [0.25, 0.3) is 0 Å². The number of nitrogens with one attached hydrogen (secondary N) is 1. The van der Waals surface area contributed by atoms with Gasteiger partial charge in [0.15, 0.2) is 0 Å². The molecule has 0 saturated heterocycles. The Labute approximate surface area is 399 Å². The lowest BCUT2D eigenvalue weighted by Gasteiger charge is -2.29. The number of nitrogens with zero attached hydrogens (tertiary/aromatic N) is 1. The molecule has 0 bridgehead atoms. The van der Waals surface area contributed by atoms with Crippen molar-refractivity contribution in [1.29, 1.82) is 0 Å². The van der Waals surface area contributed by atoms with Gasteiger partial charge in [-0.3, -0.25) is 9.36 Å². The van der Waals surface area contributed by atoms with E-state index in [4.69, 9.17) is 9.05 Å². The number of aliphatic hydroxyl groups is 1. The van der Waals surface area contributed by atoms with Crippen molar-refractivity contribution >= 4 is 13.7 Å². The molecular formula is C55H111N2O6P. The van der Waals surface area contributed by atoms with Crippen molar-refractivity contribution in [2.75, 3.05) is 40.9 Å². The van der Waals surface area contributed by atoms with Gasteiger partial charge >= 0.3 is 0 Å². The summed E-state index contributed by atoms with van der Waals surface area (Å²) >= 11 is 0. The quantitative estimate of drug-likeness (QED) is 0.0272. The van der Waals surface area contributed by atoms with E-state index in [2.05, 4.69) is 19.2 Å². The molecule has 0 fully saturated rings. The number of phosphoric acid groups is 1. The van der Waals surface area contributed by atoms with Gasteiger partial charge in [0.25, 0.3) is 7.82 Å². The third-order valence-corrected chi connectivity index (χ3v) is 14.0. The molecule has 0 aliphatic carbocycles. The van der Waals surface area contributed by atoms with Crippen molar-refractivity contribution in [3.8, 4) is 0 Å². The summed E-state index contributed by atoms with van der Waals surface area (Å²) in [5, 5.41) is 13.9. The van der Waals surface area contributed by atoms with Gasteiger partial charge in [-0.15, -0.1) is 0 Å². The number of unbranched alkanes of at least 4 members (excludes halogenated alkanes) is 39. The lowest BCUT2D eigenvalue weighted by Crippen LogP contribution is -2.45. The van der Waals surface area contributed by atoms with Crippen LogP contribution >= 0.6 is 7.82 Å². The highest BCUT2D eigenvalue weighted by atomic mass is 31.2. The topological polar surface area (TPSA) is 108 Å².